The monoisotopic (exact) mass is 279 g/mol. The van der Waals surface area contributed by atoms with Gasteiger partial charge in [0, 0.05) is 23.4 Å². The van der Waals surface area contributed by atoms with Crippen LogP contribution in [0.15, 0.2) is 17.6 Å². The van der Waals surface area contributed by atoms with Gasteiger partial charge in [-0.25, -0.2) is 13.4 Å². The lowest BCUT2D eigenvalue weighted by atomic mass is 10.3. The molecule has 0 fully saturated rings. The van der Waals surface area contributed by atoms with Crippen molar-refractivity contribution < 1.29 is 13.2 Å². The molecule has 1 aromatic rings. The first-order valence-corrected chi connectivity index (χ1v) is 7.47. The van der Waals surface area contributed by atoms with Crippen LogP contribution in [0, 0.1) is 0 Å². The molecular formula is C9H14ClN3O3S. The average molecular weight is 280 g/mol. The van der Waals surface area contributed by atoms with E-state index in [1.54, 1.807) is 0 Å². The van der Waals surface area contributed by atoms with Gasteiger partial charge in [-0.05, 0) is 6.42 Å². The summed E-state index contributed by atoms with van der Waals surface area (Å²) in [6, 6.07) is 0. The molecule has 1 aromatic heterocycles. The van der Waals surface area contributed by atoms with Crippen LogP contribution in [-0.2, 0) is 20.4 Å². The lowest BCUT2D eigenvalue weighted by molar-refractivity contribution is -0.121. The molecule has 0 spiro atoms. The molecule has 0 unspecified atom stereocenters. The number of hydrogen-bond acceptors (Lipinski definition) is 4. The van der Waals surface area contributed by atoms with E-state index in [1.165, 1.54) is 17.1 Å². The number of rotatable bonds is 6. The maximum atomic E-state index is 11.4. The van der Waals surface area contributed by atoms with E-state index >= 15 is 0 Å². The molecule has 1 rings (SSSR count). The molecule has 0 aliphatic rings. The Morgan fingerprint density at radius 1 is 1.59 bits per heavy atom. The van der Waals surface area contributed by atoms with Gasteiger partial charge in [0.05, 0.1) is 6.33 Å². The third kappa shape index (κ3) is 4.74. The van der Waals surface area contributed by atoms with Crippen LogP contribution in [-0.4, -0.2) is 30.4 Å². The Balaban J connectivity index is 2.52. The van der Waals surface area contributed by atoms with Gasteiger partial charge < -0.3 is 9.88 Å². The summed E-state index contributed by atoms with van der Waals surface area (Å²) in [5.74, 6) is -0.186. The summed E-state index contributed by atoms with van der Waals surface area (Å²) in [6.45, 7) is 2.67. The van der Waals surface area contributed by atoms with E-state index in [-0.39, 0.29) is 17.5 Å². The Hall–Kier alpha value is -1.08. The number of aromatic nitrogens is 2. The molecule has 96 valence electrons. The number of amides is 1. The van der Waals surface area contributed by atoms with Crippen molar-refractivity contribution in [1.29, 1.82) is 0 Å². The van der Waals surface area contributed by atoms with Crippen molar-refractivity contribution in [3.63, 3.8) is 0 Å². The number of hydrogen-bond donors (Lipinski definition) is 1. The van der Waals surface area contributed by atoms with Crippen LogP contribution in [0.25, 0.3) is 0 Å². The number of nitrogens with zero attached hydrogens (tertiary/aromatic N) is 2. The van der Waals surface area contributed by atoms with Gasteiger partial charge in [-0.15, -0.1) is 0 Å². The summed E-state index contributed by atoms with van der Waals surface area (Å²) in [6.07, 6.45) is 4.40. The molecule has 1 N–H and O–H groups in total. The maximum absolute atomic E-state index is 11.4. The molecule has 0 saturated carbocycles. The zero-order valence-electron chi connectivity index (χ0n) is 9.39. The lowest BCUT2D eigenvalue weighted by Crippen LogP contribution is -2.27. The smallest absolute Gasteiger partial charge is 0.280 e. The Morgan fingerprint density at radius 3 is 2.82 bits per heavy atom. The van der Waals surface area contributed by atoms with E-state index in [0.29, 0.717) is 6.54 Å². The van der Waals surface area contributed by atoms with E-state index in [0.717, 1.165) is 12.8 Å². The highest BCUT2D eigenvalue weighted by molar-refractivity contribution is 8.13. The molecule has 17 heavy (non-hydrogen) atoms. The number of unbranched alkanes of at least 4 members (excludes halogenated alkanes) is 1. The van der Waals surface area contributed by atoms with Crippen molar-refractivity contribution in [2.45, 2.75) is 31.3 Å². The third-order valence-electron chi connectivity index (χ3n) is 2.04. The highest BCUT2D eigenvalue weighted by Gasteiger charge is 2.14. The Labute approximate surface area is 104 Å². The molecule has 0 aliphatic carbocycles. The summed E-state index contributed by atoms with van der Waals surface area (Å²) in [4.78, 5) is 15.0. The number of imidazole rings is 1. The van der Waals surface area contributed by atoms with Crippen molar-refractivity contribution in [3.8, 4) is 0 Å². The highest BCUT2D eigenvalue weighted by atomic mass is 35.7. The van der Waals surface area contributed by atoms with Crippen LogP contribution in [0.3, 0.4) is 0 Å². The van der Waals surface area contributed by atoms with Gasteiger partial charge in [-0.2, -0.15) is 0 Å². The number of carbonyl (C=O) groups excluding carboxylic acids is 1. The van der Waals surface area contributed by atoms with Gasteiger partial charge in [-0.3, -0.25) is 4.79 Å². The van der Waals surface area contributed by atoms with Crippen molar-refractivity contribution in [1.82, 2.24) is 14.9 Å². The van der Waals surface area contributed by atoms with E-state index < -0.39 is 9.05 Å². The van der Waals surface area contributed by atoms with Crippen molar-refractivity contribution in [2.24, 2.45) is 0 Å². The summed E-state index contributed by atoms with van der Waals surface area (Å²) in [5.41, 5.74) is 0. The average Bonchev–Trinajstić information content (AvgIpc) is 2.66. The summed E-state index contributed by atoms with van der Waals surface area (Å²) < 4.78 is 23.2. The minimum absolute atomic E-state index is 0.0309. The highest BCUT2D eigenvalue weighted by Crippen LogP contribution is 2.10. The van der Waals surface area contributed by atoms with Gasteiger partial charge in [0.15, 0.2) is 5.03 Å². The molecule has 0 bridgehead atoms. The standard InChI is InChI=1S/C9H14ClN3O3S/c1-2-3-4-11-8(14)5-13-6-9(12-7-13)17(10,15)16/h6-7H,2-5H2,1H3,(H,11,14). The lowest BCUT2D eigenvalue weighted by Gasteiger charge is -2.04. The molecule has 0 radical (unpaired) electrons. The van der Waals surface area contributed by atoms with E-state index in [9.17, 15) is 13.2 Å². The van der Waals surface area contributed by atoms with Crippen LogP contribution in [0.2, 0.25) is 0 Å². The van der Waals surface area contributed by atoms with Gasteiger partial charge in [0.2, 0.25) is 5.91 Å². The third-order valence-corrected chi connectivity index (χ3v) is 3.22. The first kappa shape index (κ1) is 14.0. The quantitative estimate of drug-likeness (QED) is 0.615. The predicted molar refractivity (Wildman–Crippen MR) is 63.2 cm³/mol. The fraction of sp³-hybridized carbons (Fsp3) is 0.556. The van der Waals surface area contributed by atoms with Crippen LogP contribution >= 0.6 is 10.7 Å². The van der Waals surface area contributed by atoms with Crippen molar-refractivity contribution in [3.05, 3.63) is 12.5 Å². The minimum Gasteiger partial charge on any atom is -0.355 e. The van der Waals surface area contributed by atoms with Crippen molar-refractivity contribution in [2.75, 3.05) is 6.54 Å². The SMILES string of the molecule is CCCCNC(=O)Cn1cnc(S(=O)(=O)Cl)c1. The summed E-state index contributed by atoms with van der Waals surface area (Å²) >= 11 is 0. The number of nitrogens with one attached hydrogen (secondary N) is 1. The largest absolute Gasteiger partial charge is 0.355 e. The zero-order valence-corrected chi connectivity index (χ0v) is 11.0. The van der Waals surface area contributed by atoms with E-state index in [1.807, 2.05) is 6.92 Å². The van der Waals surface area contributed by atoms with E-state index in [2.05, 4.69) is 10.3 Å². The van der Waals surface area contributed by atoms with E-state index in [4.69, 9.17) is 10.7 Å². The molecule has 6 nitrogen and oxygen atoms in total. The van der Waals surface area contributed by atoms with Crippen LogP contribution in [0.1, 0.15) is 19.8 Å². The van der Waals surface area contributed by atoms with Gasteiger partial charge >= 0.3 is 0 Å². The number of halogens is 1. The second-order valence-electron chi connectivity index (χ2n) is 3.53. The van der Waals surface area contributed by atoms with Crippen molar-refractivity contribution >= 4 is 25.6 Å². The van der Waals surface area contributed by atoms with Crippen LogP contribution in [0.4, 0.5) is 0 Å². The Kier molecular flexibility index (Phi) is 4.95. The molecule has 8 heteroatoms. The minimum atomic E-state index is -3.83. The fourth-order valence-electron chi connectivity index (χ4n) is 1.18. The molecule has 0 saturated heterocycles. The fourth-order valence-corrected chi connectivity index (χ4v) is 1.85. The zero-order chi connectivity index (χ0) is 12.9. The Morgan fingerprint density at radius 2 is 2.29 bits per heavy atom. The molecule has 1 heterocycles. The maximum Gasteiger partial charge on any atom is 0.280 e. The first-order valence-electron chi connectivity index (χ1n) is 5.16. The first-order chi connectivity index (χ1) is 7.93. The predicted octanol–water partition coefficient (Wildman–Crippen LogP) is 0.727. The molecule has 0 aliphatic heterocycles. The second kappa shape index (κ2) is 6.02. The molecular weight excluding hydrogens is 266 g/mol. The van der Waals surface area contributed by atoms with Crippen LogP contribution < -0.4 is 5.32 Å². The molecule has 1 amide bonds. The molecule has 0 aromatic carbocycles. The summed E-state index contributed by atoms with van der Waals surface area (Å²) in [5, 5.41) is 2.46. The number of carbonyl (C=O) groups is 1. The van der Waals surface area contributed by atoms with Gasteiger partial charge in [0.25, 0.3) is 9.05 Å². The second-order valence-corrected chi connectivity index (χ2v) is 6.04. The van der Waals surface area contributed by atoms with Crippen LogP contribution in [0.5, 0.6) is 0 Å². The summed E-state index contributed by atoms with van der Waals surface area (Å²) in [7, 11) is 1.28. The van der Waals surface area contributed by atoms with Gasteiger partial charge in [0.1, 0.15) is 6.54 Å². The normalized spacial score (nSPS) is 11.4. The van der Waals surface area contributed by atoms with Gasteiger partial charge in [-0.1, -0.05) is 13.3 Å². The Bertz CT molecular complexity index is 483. The topological polar surface area (TPSA) is 81.1 Å². The molecule has 0 atom stereocenters.